The van der Waals surface area contributed by atoms with Gasteiger partial charge in [-0.1, -0.05) is 29.8 Å². The van der Waals surface area contributed by atoms with Crippen LogP contribution in [0.5, 0.6) is 0 Å². The smallest absolute Gasteiger partial charge is 0.327 e. The van der Waals surface area contributed by atoms with Crippen molar-refractivity contribution in [3.63, 3.8) is 0 Å². The fourth-order valence-electron chi connectivity index (χ4n) is 3.48. The largest absolute Gasteiger partial charge is 0.468 e. The highest BCUT2D eigenvalue weighted by Gasteiger charge is 2.33. The van der Waals surface area contributed by atoms with E-state index >= 15 is 0 Å². The first-order chi connectivity index (χ1) is 14.6. The minimum Gasteiger partial charge on any atom is -0.468 e. The minimum absolute atomic E-state index is 0.0742. The highest BCUT2D eigenvalue weighted by Crippen LogP contribution is 2.29. The molecule has 0 radical (unpaired) electrons. The van der Waals surface area contributed by atoms with E-state index < -0.39 is 6.04 Å². The molecule has 156 valence electrons. The van der Waals surface area contributed by atoms with Gasteiger partial charge in [0.25, 0.3) is 5.91 Å². The van der Waals surface area contributed by atoms with Gasteiger partial charge in [-0.15, -0.1) is 22.7 Å². The molecular weight excluding hydrogens is 442 g/mol. The van der Waals surface area contributed by atoms with Gasteiger partial charge in [0.1, 0.15) is 16.7 Å². The molecule has 1 aliphatic heterocycles. The Labute approximate surface area is 187 Å². The number of amides is 1. The summed E-state index contributed by atoms with van der Waals surface area (Å²) >= 11 is 9.07. The van der Waals surface area contributed by atoms with Crippen molar-refractivity contribution < 1.29 is 14.3 Å². The van der Waals surface area contributed by atoms with Crippen molar-refractivity contribution in [3.8, 4) is 9.88 Å². The van der Waals surface area contributed by atoms with Gasteiger partial charge in [-0.25, -0.2) is 9.78 Å². The van der Waals surface area contributed by atoms with Crippen molar-refractivity contribution >= 4 is 46.2 Å². The molecule has 3 aromatic rings. The van der Waals surface area contributed by atoms with Crippen molar-refractivity contribution in [1.82, 2.24) is 14.8 Å². The Kier molecular flexibility index (Phi) is 6.48. The van der Waals surface area contributed by atoms with E-state index in [1.807, 2.05) is 39.9 Å². The van der Waals surface area contributed by atoms with Gasteiger partial charge in [-0.3, -0.25) is 9.69 Å². The number of aromatic nitrogens is 1. The van der Waals surface area contributed by atoms with Crippen LogP contribution in [0.3, 0.4) is 0 Å². The molecule has 0 N–H and O–H groups in total. The molecule has 6 nitrogen and oxygen atoms in total. The number of halogens is 1. The van der Waals surface area contributed by atoms with Gasteiger partial charge in [-0.05, 0) is 29.1 Å². The van der Waals surface area contributed by atoms with Crippen LogP contribution >= 0.6 is 34.3 Å². The predicted molar refractivity (Wildman–Crippen MR) is 119 cm³/mol. The standard InChI is InChI=1S/C21H20ClN3O3S2/c1-28-21(27)18(14-4-6-15(22)7-5-14)24-8-10-25(11-9-24)20(26)16-13-30-19(23-16)17-3-2-12-29-17/h2-7,12-13,18H,8-11H2,1H3. The Morgan fingerprint density at radius 2 is 1.83 bits per heavy atom. The molecule has 4 rings (SSSR count). The van der Waals surface area contributed by atoms with E-state index in [0.717, 1.165) is 15.4 Å². The Hall–Kier alpha value is -2.26. The van der Waals surface area contributed by atoms with Crippen molar-refractivity contribution in [2.45, 2.75) is 6.04 Å². The van der Waals surface area contributed by atoms with Gasteiger partial charge < -0.3 is 9.64 Å². The summed E-state index contributed by atoms with van der Waals surface area (Å²) in [6.07, 6.45) is 0. The van der Waals surface area contributed by atoms with Gasteiger partial charge in [0, 0.05) is 36.6 Å². The molecule has 0 spiro atoms. The average molecular weight is 462 g/mol. The molecule has 30 heavy (non-hydrogen) atoms. The lowest BCUT2D eigenvalue weighted by Gasteiger charge is -2.38. The topological polar surface area (TPSA) is 62.7 Å². The van der Waals surface area contributed by atoms with E-state index in [0.29, 0.717) is 36.9 Å². The van der Waals surface area contributed by atoms with E-state index in [1.54, 1.807) is 28.4 Å². The Morgan fingerprint density at radius 3 is 2.47 bits per heavy atom. The van der Waals surface area contributed by atoms with Crippen LogP contribution in [0.4, 0.5) is 0 Å². The molecule has 0 saturated carbocycles. The quantitative estimate of drug-likeness (QED) is 0.533. The van der Waals surface area contributed by atoms with Gasteiger partial charge in [-0.2, -0.15) is 0 Å². The number of esters is 1. The molecule has 1 aromatic carbocycles. The van der Waals surface area contributed by atoms with Crippen LogP contribution in [0.2, 0.25) is 5.02 Å². The number of rotatable bonds is 5. The molecule has 1 atom stereocenters. The number of benzene rings is 1. The van der Waals surface area contributed by atoms with E-state index in [2.05, 4.69) is 4.98 Å². The maximum atomic E-state index is 12.9. The SMILES string of the molecule is COC(=O)C(c1ccc(Cl)cc1)N1CCN(C(=O)c2csc(-c3cccs3)n2)CC1. The van der Waals surface area contributed by atoms with Crippen LogP contribution in [-0.4, -0.2) is 59.9 Å². The molecule has 2 aromatic heterocycles. The van der Waals surface area contributed by atoms with Gasteiger partial charge in [0.15, 0.2) is 0 Å². The van der Waals surface area contributed by atoms with Crippen LogP contribution in [0.1, 0.15) is 22.1 Å². The summed E-state index contributed by atoms with van der Waals surface area (Å²) in [5.41, 5.74) is 1.30. The number of nitrogens with zero attached hydrogens (tertiary/aromatic N) is 3. The summed E-state index contributed by atoms with van der Waals surface area (Å²) < 4.78 is 5.03. The van der Waals surface area contributed by atoms with E-state index in [9.17, 15) is 9.59 Å². The average Bonchev–Trinajstić information content (AvgIpc) is 3.47. The zero-order chi connectivity index (χ0) is 21.1. The second kappa shape index (κ2) is 9.26. The first kappa shape index (κ1) is 21.0. The molecule has 0 bridgehead atoms. The van der Waals surface area contributed by atoms with Crippen molar-refractivity contribution in [2.24, 2.45) is 0 Å². The first-order valence-electron chi connectivity index (χ1n) is 9.43. The van der Waals surface area contributed by atoms with Crippen LogP contribution in [0, 0.1) is 0 Å². The predicted octanol–water partition coefficient (Wildman–Crippen LogP) is 4.20. The summed E-state index contributed by atoms with van der Waals surface area (Å²) in [5, 5.41) is 5.29. The van der Waals surface area contributed by atoms with E-state index in [-0.39, 0.29) is 11.9 Å². The molecular formula is C21H20ClN3O3S2. The highest BCUT2D eigenvalue weighted by atomic mass is 35.5. The number of ether oxygens (including phenoxy) is 1. The first-order valence-corrected chi connectivity index (χ1v) is 11.6. The van der Waals surface area contributed by atoms with Crippen molar-refractivity contribution in [1.29, 1.82) is 0 Å². The van der Waals surface area contributed by atoms with Gasteiger partial charge in [0.2, 0.25) is 0 Å². The second-order valence-corrected chi connectivity index (χ2v) is 9.06. The van der Waals surface area contributed by atoms with Gasteiger partial charge in [0.05, 0.1) is 12.0 Å². The number of thiophene rings is 1. The van der Waals surface area contributed by atoms with E-state index in [4.69, 9.17) is 16.3 Å². The number of methoxy groups -OCH3 is 1. The lowest BCUT2D eigenvalue weighted by molar-refractivity contribution is -0.148. The molecule has 1 saturated heterocycles. The maximum Gasteiger partial charge on any atom is 0.327 e. The molecule has 1 aliphatic rings. The number of thiazole rings is 1. The maximum absolute atomic E-state index is 12.9. The third kappa shape index (κ3) is 4.41. The molecule has 9 heteroatoms. The molecule has 1 amide bonds. The normalized spacial score (nSPS) is 15.7. The number of hydrogen-bond donors (Lipinski definition) is 0. The van der Waals surface area contributed by atoms with Crippen LogP contribution in [0.15, 0.2) is 47.2 Å². The Bertz CT molecular complexity index is 1010. The molecule has 1 unspecified atom stereocenters. The summed E-state index contributed by atoms with van der Waals surface area (Å²) in [7, 11) is 1.39. The summed E-state index contributed by atoms with van der Waals surface area (Å²) in [6, 6.07) is 10.7. The van der Waals surface area contributed by atoms with Crippen LogP contribution in [-0.2, 0) is 9.53 Å². The third-order valence-electron chi connectivity index (χ3n) is 5.03. The number of carbonyl (C=O) groups is 2. The minimum atomic E-state index is -0.519. The summed E-state index contributed by atoms with van der Waals surface area (Å²) in [4.78, 5) is 34.8. The fourth-order valence-corrected chi connectivity index (χ4v) is 5.22. The highest BCUT2D eigenvalue weighted by molar-refractivity contribution is 7.20. The van der Waals surface area contributed by atoms with Gasteiger partial charge >= 0.3 is 5.97 Å². The molecule has 3 heterocycles. The van der Waals surface area contributed by atoms with Crippen molar-refractivity contribution in [3.05, 3.63) is 63.4 Å². The Morgan fingerprint density at radius 1 is 1.10 bits per heavy atom. The second-order valence-electron chi connectivity index (χ2n) is 6.82. The molecule has 0 aliphatic carbocycles. The van der Waals surface area contributed by atoms with Crippen LogP contribution in [0.25, 0.3) is 9.88 Å². The number of hydrogen-bond acceptors (Lipinski definition) is 7. The molecule has 1 fully saturated rings. The number of carbonyl (C=O) groups excluding carboxylic acids is 2. The lowest BCUT2D eigenvalue weighted by Crippen LogP contribution is -2.51. The van der Waals surface area contributed by atoms with Crippen LogP contribution < -0.4 is 0 Å². The van der Waals surface area contributed by atoms with E-state index in [1.165, 1.54) is 18.4 Å². The van der Waals surface area contributed by atoms with Crippen molar-refractivity contribution in [2.75, 3.05) is 33.3 Å². The zero-order valence-electron chi connectivity index (χ0n) is 16.3. The summed E-state index contributed by atoms with van der Waals surface area (Å²) in [5.74, 6) is -0.396. The monoisotopic (exact) mass is 461 g/mol. The third-order valence-corrected chi connectivity index (χ3v) is 7.17. The summed E-state index contributed by atoms with van der Waals surface area (Å²) in [6.45, 7) is 2.17. The number of piperazine rings is 1. The Balaban J connectivity index is 1.43. The lowest BCUT2D eigenvalue weighted by atomic mass is 10.0. The zero-order valence-corrected chi connectivity index (χ0v) is 18.7. The fraction of sp³-hybridized carbons (Fsp3) is 0.286.